The predicted molar refractivity (Wildman–Crippen MR) is 261 cm³/mol. The molecule has 0 saturated heterocycles. The molecule has 1 aliphatic heterocycles. The molecule has 0 aliphatic carbocycles. The molecule has 12 aromatic rings. The second-order valence-electron chi connectivity index (χ2n) is 16.4. The molecule has 1 atom stereocenters. The zero-order chi connectivity index (χ0) is 42.4. The largest absolute Gasteiger partial charge is 2.00 e. The number of hydrogen-bond acceptors (Lipinski definition) is 3. The summed E-state index contributed by atoms with van der Waals surface area (Å²) in [5.74, 6) is 0.807. The van der Waals surface area contributed by atoms with E-state index in [2.05, 4.69) is 178 Å². The Kier molecular flexibility index (Phi) is 9.26. The Balaban J connectivity index is 0.00000444. The fourth-order valence-corrected chi connectivity index (χ4v) is 15.5. The van der Waals surface area contributed by atoms with Crippen molar-refractivity contribution in [2.45, 2.75) is 6.17 Å². The molecule has 310 valence electrons. The summed E-state index contributed by atoms with van der Waals surface area (Å²) in [6, 6.07) is 75.2. The minimum absolute atomic E-state index is 0. The number of pyridine rings is 2. The van der Waals surface area contributed by atoms with Crippen molar-refractivity contribution in [1.29, 1.82) is 0 Å². The Morgan fingerprint density at radius 3 is 1.91 bits per heavy atom. The van der Waals surface area contributed by atoms with Crippen LogP contribution < -0.4 is 25.6 Å². The molecule has 4 aromatic heterocycles. The summed E-state index contributed by atoms with van der Waals surface area (Å²) in [4.78, 5) is 12.3. The van der Waals surface area contributed by atoms with Gasteiger partial charge in [-0.2, -0.15) is 18.2 Å². The molecular formula is C57H36FN5PtSi. The summed E-state index contributed by atoms with van der Waals surface area (Å²) in [5, 5.41) is 9.97. The Labute approximate surface area is 390 Å². The van der Waals surface area contributed by atoms with Crippen molar-refractivity contribution in [1.82, 2.24) is 18.9 Å². The van der Waals surface area contributed by atoms with Crippen LogP contribution in [0.5, 0.6) is 0 Å². The Morgan fingerprint density at radius 2 is 1.15 bits per heavy atom. The first kappa shape index (κ1) is 39.2. The van der Waals surface area contributed by atoms with Gasteiger partial charge in [-0.3, -0.25) is 4.98 Å². The van der Waals surface area contributed by atoms with E-state index in [1.54, 1.807) is 6.20 Å². The van der Waals surface area contributed by atoms with Gasteiger partial charge < -0.3 is 13.9 Å². The van der Waals surface area contributed by atoms with Crippen molar-refractivity contribution in [3.05, 3.63) is 236 Å². The summed E-state index contributed by atoms with van der Waals surface area (Å²) >= 11 is 0. The second-order valence-corrected chi connectivity index (χ2v) is 20.2. The van der Waals surface area contributed by atoms with E-state index in [1.807, 2.05) is 54.9 Å². The molecule has 0 bridgehead atoms. The van der Waals surface area contributed by atoms with Crippen molar-refractivity contribution in [3.8, 4) is 5.69 Å². The van der Waals surface area contributed by atoms with Crippen LogP contribution in [0, 0.1) is 12.1 Å². The maximum atomic E-state index is 17.5. The number of anilines is 3. The number of rotatable bonds is 6. The number of hydrogen-bond donors (Lipinski definition) is 0. The summed E-state index contributed by atoms with van der Waals surface area (Å²) in [7, 11) is -3.11. The minimum atomic E-state index is -3.11. The zero-order valence-electron chi connectivity index (χ0n) is 34.7. The molecule has 0 fully saturated rings. The van der Waals surface area contributed by atoms with Crippen LogP contribution in [0.15, 0.2) is 213 Å². The molecule has 8 heteroatoms. The molecule has 0 N–H and O–H groups in total. The van der Waals surface area contributed by atoms with Gasteiger partial charge in [0, 0.05) is 40.6 Å². The van der Waals surface area contributed by atoms with Gasteiger partial charge in [-0.05, 0) is 56.5 Å². The molecule has 5 nitrogen and oxygen atoms in total. The van der Waals surface area contributed by atoms with Crippen molar-refractivity contribution < 1.29 is 25.5 Å². The Bertz CT molecular complexity index is 3740. The van der Waals surface area contributed by atoms with Crippen LogP contribution in [0.1, 0.15) is 17.3 Å². The molecule has 1 unspecified atom stereocenters. The number of imidazole rings is 1. The maximum Gasteiger partial charge on any atom is 2.00 e. The molecule has 0 amide bonds. The third-order valence-electron chi connectivity index (χ3n) is 13.1. The quantitative estimate of drug-likeness (QED) is 0.0946. The third-order valence-corrected chi connectivity index (χ3v) is 18.0. The van der Waals surface area contributed by atoms with Gasteiger partial charge in [0.2, 0.25) is 0 Å². The number of para-hydroxylation sites is 3. The molecule has 8 aromatic carbocycles. The third kappa shape index (κ3) is 5.72. The van der Waals surface area contributed by atoms with Crippen molar-refractivity contribution >= 4 is 95.1 Å². The van der Waals surface area contributed by atoms with Crippen molar-refractivity contribution in [2.75, 3.05) is 4.90 Å². The number of nitrogens with zero attached hydrogens (tertiary/aromatic N) is 5. The molecule has 5 heterocycles. The zero-order valence-corrected chi connectivity index (χ0v) is 38.0. The van der Waals surface area contributed by atoms with Gasteiger partial charge in [-0.1, -0.05) is 155 Å². The molecule has 13 rings (SSSR count). The van der Waals surface area contributed by atoms with Gasteiger partial charge in [-0.25, -0.2) is 9.37 Å². The van der Waals surface area contributed by atoms with Gasteiger partial charge in [0.25, 0.3) is 0 Å². The minimum Gasteiger partial charge on any atom is -0.340 e. The number of alkyl halides is 1. The van der Waals surface area contributed by atoms with Crippen LogP contribution in [-0.2, 0) is 21.1 Å². The summed E-state index contributed by atoms with van der Waals surface area (Å²) in [6.45, 7) is 0. The first-order valence-corrected chi connectivity index (χ1v) is 23.5. The van der Waals surface area contributed by atoms with Crippen LogP contribution in [0.2, 0.25) is 0 Å². The molecule has 1 aliphatic rings. The SMILES string of the molecule is FC(c1[c-]c(N2c3ncccc3[Si](c3ccccc3)(c3ccccc3)c3ccc4c5ccccc5n(-c5ccccc5)c4c32)ccc1)c1[c-]c2c(cc1)c1ccccc1n1ccnc21.[Pt+2]. The van der Waals surface area contributed by atoms with E-state index in [0.29, 0.717) is 16.8 Å². The van der Waals surface area contributed by atoms with E-state index >= 15 is 4.39 Å². The molecule has 0 radical (unpaired) electrons. The molecule has 0 saturated carbocycles. The topological polar surface area (TPSA) is 38.4 Å². The predicted octanol–water partition coefficient (Wildman–Crippen LogP) is 11.0. The van der Waals surface area contributed by atoms with Crippen LogP contribution in [0.4, 0.5) is 21.6 Å². The van der Waals surface area contributed by atoms with E-state index in [1.165, 1.54) is 15.6 Å². The van der Waals surface area contributed by atoms with E-state index < -0.39 is 14.2 Å². The molecular weight excluding hydrogens is 997 g/mol. The standard InChI is InChI=1S/C57H36FN5Si.Pt/c58-53(39-29-30-44-45-24-10-12-26-49(45)61-35-34-60-56(61)48(44)37-39)38-16-14-19-41(36-38)63-55-51(32-31-47-46-25-11-13-27-50(46)62(54(47)55)40-17-4-1-5-18-40)64(42-20-6-2-7-21-42,43-22-8-3-9-23-43)52-28-15-33-59-57(52)63;/h1-35,53H;/q-2;+2. The first-order chi connectivity index (χ1) is 31.7. The van der Waals surface area contributed by atoms with Gasteiger partial charge in [0.05, 0.1) is 22.4 Å². The normalized spacial score (nSPS) is 13.5. The van der Waals surface area contributed by atoms with Gasteiger partial charge >= 0.3 is 21.1 Å². The average molecular weight is 1030 g/mol. The monoisotopic (exact) mass is 1030 g/mol. The number of benzene rings is 8. The number of halogens is 1. The van der Waals surface area contributed by atoms with E-state index in [9.17, 15) is 0 Å². The van der Waals surface area contributed by atoms with Crippen molar-refractivity contribution in [2.24, 2.45) is 0 Å². The van der Waals surface area contributed by atoms with Crippen LogP contribution >= 0.6 is 0 Å². The first-order valence-electron chi connectivity index (χ1n) is 21.5. The van der Waals surface area contributed by atoms with Crippen molar-refractivity contribution in [3.63, 3.8) is 0 Å². The fourth-order valence-electron chi connectivity index (χ4n) is 10.5. The van der Waals surface area contributed by atoms with Crippen LogP contribution in [0.25, 0.3) is 54.8 Å². The molecule has 0 spiro atoms. The maximum absolute atomic E-state index is 17.5. The summed E-state index contributed by atoms with van der Waals surface area (Å²) in [6.07, 6.45) is 4.10. The summed E-state index contributed by atoms with van der Waals surface area (Å²) < 4.78 is 21.9. The van der Waals surface area contributed by atoms with Crippen LogP contribution in [-0.4, -0.2) is 27.0 Å². The smallest absolute Gasteiger partial charge is 0.340 e. The van der Waals surface area contributed by atoms with E-state index in [0.717, 1.165) is 71.5 Å². The van der Waals surface area contributed by atoms with Gasteiger partial charge in [0.1, 0.15) is 12.0 Å². The fraction of sp³-hybridized carbons (Fsp3) is 0.0175. The Hall–Kier alpha value is -7.44. The van der Waals surface area contributed by atoms with E-state index in [-0.39, 0.29) is 21.1 Å². The molecule has 65 heavy (non-hydrogen) atoms. The van der Waals surface area contributed by atoms with Gasteiger partial charge in [-0.15, -0.1) is 29.8 Å². The second kappa shape index (κ2) is 15.4. The Morgan fingerprint density at radius 1 is 0.508 bits per heavy atom. The summed E-state index contributed by atoms with van der Waals surface area (Å²) in [5.41, 5.74) is 7.53. The number of aromatic nitrogens is 4. The van der Waals surface area contributed by atoms with Crippen LogP contribution in [0.3, 0.4) is 0 Å². The van der Waals surface area contributed by atoms with E-state index in [4.69, 9.17) is 9.97 Å². The van der Waals surface area contributed by atoms with Gasteiger partial charge in [0.15, 0.2) is 8.07 Å². The number of fused-ring (bicyclic) bond motifs is 12. The average Bonchev–Trinajstić information content (AvgIpc) is 4.01.